The molecular formula is C95H89N19O10. The van der Waals surface area contributed by atoms with Crippen molar-refractivity contribution in [2.45, 2.75) is 65.1 Å². The fraction of sp³-hybridized carbons (Fsp3) is 0.179. The van der Waals surface area contributed by atoms with Gasteiger partial charge < -0.3 is 84.9 Å². The lowest BCUT2D eigenvalue weighted by molar-refractivity contribution is -0.112. The van der Waals surface area contributed by atoms with E-state index in [1.807, 2.05) is 197 Å². The van der Waals surface area contributed by atoms with Crippen molar-refractivity contribution in [3.8, 4) is 34.2 Å². The molecule has 4 aliphatic heterocycles. The van der Waals surface area contributed by atoms with Crippen LogP contribution in [0.4, 0.5) is 34.1 Å². The molecule has 10 heterocycles. The Kier molecular flexibility index (Phi) is 23.8. The van der Waals surface area contributed by atoms with Gasteiger partial charge in [0.15, 0.2) is 17.1 Å². The monoisotopic (exact) mass is 1660 g/mol. The lowest BCUT2D eigenvalue weighted by atomic mass is 10.0. The number of hydrogen-bond acceptors (Lipinski definition) is 14. The summed E-state index contributed by atoms with van der Waals surface area (Å²) < 4.78 is 11.5. The summed E-state index contributed by atoms with van der Waals surface area (Å²) in [6.07, 6.45) is 10.3. The number of carbonyl (C=O) groups is 9. The van der Waals surface area contributed by atoms with E-state index in [-0.39, 0.29) is 90.2 Å². The van der Waals surface area contributed by atoms with E-state index >= 15 is 0 Å². The largest absolute Gasteiger partial charge is 0.381 e. The van der Waals surface area contributed by atoms with E-state index < -0.39 is 0 Å². The van der Waals surface area contributed by atoms with Crippen LogP contribution in [0.15, 0.2) is 251 Å². The smallest absolute Gasteiger partial charge is 0.276 e. The van der Waals surface area contributed by atoms with Gasteiger partial charge in [0.05, 0.1) is 36.7 Å². The summed E-state index contributed by atoms with van der Waals surface area (Å²) in [7, 11) is 3.91. The molecule has 6 aromatic heterocycles. The van der Waals surface area contributed by atoms with Gasteiger partial charge in [0.2, 0.25) is 17.7 Å². The van der Waals surface area contributed by atoms with E-state index in [0.29, 0.717) is 138 Å². The number of aromatic amines is 3. The number of aryl methyl sites for hydroxylation is 1. The van der Waals surface area contributed by atoms with Crippen molar-refractivity contribution < 1.29 is 47.9 Å². The number of fused-ring (bicyclic) bond motifs is 6. The molecule has 18 rings (SSSR count). The minimum Gasteiger partial charge on any atom is -0.381 e. The first-order valence-corrected chi connectivity index (χ1v) is 40.6. The van der Waals surface area contributed by atoms with Gasteiger partial charge in [0, 0.05) is 158 Å². The first kappa shape index (κ1) is 81.9. The number of nitrogens with one attached hydrogen (secondary N) is 9. The molecule has 29 nitrogen and oxygen atoms in total. The zero-order chi connectivity index (χ0) is 86.2. The van der Waals surface area contributed by atoms with Crippen molar-refractivity contribution in [1.82, 2.24) is 63.6 Å². The second-order valence-electron chi connectivity index (χ2n) is 30.4. The maximum absolute atomic E-state index is 13.8. The number of aromatic nitrogens is 9. The van der Waals surface area contributed by atoms with Crippen LogP contribution in [0.25, 0.3) is 66.5 Å². The van der Waals surface area contributed by atoms with Crippen molar-refractivity contribution in [3.63, 3.8) is 0 Å². The highest BCUT2D eigenvalue weighted by atomic mass is 16.5. The minimum atomic E-state index is -0.360. The lowest BCUT2D eigenvalue weighted by Gasteiger charge is -2.29. The van der Waals surface area contributed by atoms with Gasteiger partial charge in [-0.05, 0) is 145 Å². The Morgan fingerprint density at radius 2 is 0.726 bits per heavy atom. The van der Waals surface area contributed by atoms with E-state index in [0.717, 1.165) is 73.1 Å². The van der Waals surface area contributed by atoms with Crippen molar-refractivity contribution in [2.24, 2.45) is 0 Å². The van der Waals surface area contributed by atoms with Gasteiger partial charge in [0.25, 0.3) is 35.4 Å². The summed E-state index contributed by atoms with van der Waals surface area (Å²) in [6, 6.07) is 60.1. The van der Waals surface area contributed by atoms with Crippen molar-refractivity contribution in [3.05, 3.63) is 307 Å². The highest BCUT2D eigenvalue weighted by molar-refractivity contribution is 6.13. The Morgan fingerprint density at radius 3 is 1.06 bits per heavy atom. The zero-order valence-electron chi connectivity index (χ0n) is 68.4. The second-order valence-corrected chi connectivity index (χ2v) is 30.4. The number of nitrogens with zero attached hydrogens (tertiary/aromatic N) is 10. The topological polar surface area (TPSA) is 349 Å². The molecule has 0 spiro atoms. The number of amides is 9. The summed E-state index contributed by atoms with van der Waals surface area (Å²) in [5.41, 5.74) is 12.1. The van der Waals surface area contributed by atoms with E-state index in [2.05, 4.69) is 66.6 Å². The molecule has 9 N–H and O–H groups in total. The molecule has 0 unspecified atom stereocenters. The van der Waals surface area contributed by atoms with Gasteiger partial charge in [-0.25, -0.2) is 15.0 Å². The zero-order valence-corrected chi connectivity index (χ0v) is 68.4. The number of H-pyrrole nitrogens is 3. The average Bonchev–Trinajstić information content (AvgIpc) is 1.58. The van der Waals surface area contributed by atoms with Crippen LogP contribution in [0.5, 0.6) is 0 Å². The number of benzene rings is 8. The van der Waals surface area contributed by atoms with E-state index in [9.17, 15) is 43.2 Å². The molecule has 1 saturated heterocycles. The molecule has 9 amide bonds. The Hall–Kier alpha value is -15.8. The van der Waals surface area contributed by atoms with E-state index in [1.54, 1.807) is 69.7 Å². The molecule has 624 valence electrons. The highest BCUT2D eigenvalue weighted by Gasteiger charge is 2.36. The fourth-order valence-electron chi connectivity index (χ4n) is 16.0. The minimum absolute atomic E-state index is 0.0101. The van der Waals surface area contributed by atoms with E-state index in [1.165, 1.54) is 18.2 Å². The molecule has 0 saturated carbocycles. The number of carbonyl (C=O) groups excluding carboxylic acids is 9. The average molecular weight is 1660 g/mol. The quantitative estimate of drug-likeness (QED) is 0.0340. The first-order valence-electron chi connectivity index (χ1n) is 40.6. The normalized spacial score (nSPS) is 13.5. The third-order valence-electron chi connectivity index (χ3n) is 22.3. The maximum Gasteiger partial charge on any atom is 0.276 e. The maximum atomic E-state index is 13.8. The predicted octanol–water partition coefficient (Wildman–Crippen LogP) is 14.2. The van der Waals surface area contributed by atoms with Crippen LogP contribution < -0.4 is 36.8 Å². The van der Waals surface area contributed by atoms with Crippen molar-refractivity contribution in [1.29, 1.82) is 0 Å². The predicted molar refractivity (Wildman–Crippen MR) is 478 cm³/mol. The molecule has 29 heteroatoms. The summed E-state index contributed by atoms with van der Waals surface area (Å²) in [6.45, 7) is 17.3. The molecule has 0 bridgehead atoms. The van der Waals surface area contributed by atoms with Gasteiger partial charge >= 0.3 is 0 Å². The van der Waals surface area contributed by atoms with Crippen LogP contribution in [0.2, 0.25) is 0 Å². The van der Waals surface area contributed by atoms with Crippen LogP contribution in [0.1, 0.15) is 98.4 Å². The molecular weight excluding hydrogens is 1570 g/mol. The number of rotatable bonds is 19. The molecule has 0 aliphatic carbocycles. The molecule has 1 fully saturated rings. The number of ether oxygens (including phenoxy) is 1. The summed E-state index contributed by atoms with van der Waals surface area (Å²) in [5, 5.41) is 22.8. The number of anilines is 6. The SMILES string of the molecule is C=CC(=O)Nc1cccc2c(-c3nc(C(=O)NC4CCOCC4)c4n3CCN(C(=O)c3ccc[nH]3)C4)cccc12.C=CC(=O)Nc1cccc2c(-c3nc(C(=O)Nc4ccc(C)cc4)c4n3CCN(C(=O)c3ccc[nH]3)C4)cccc12.C=CC(=O)Nc1cccc2c(-c3nc(C(=O)Nc4ccc(N(C)C)cc4)c4n3CCN(C(=O)c3ccc[nH]3)C4)cccc12. The van der Waals surface area contributed by atoms with Crippen LogP contribution in [-0.4, -0.2) is 164 Å². The highest BCUT2D eigenvalue weighted by Crippen LogP contribution is 2.40. The van der Waals surface area contributed by atoms with Crippen LogP contribution in [0.3, 0.4) is 0 Å². The lowest BCUT2D eigenvalue weighted by Crippen LogP contribution is -2.41. The fourth-order valence-corrected chi connectivity index (χ4v) is 16.0. The molecule has 14 aromatic rings. The van der Waals surface area contributed by atoms with E-state index in [4.69, 9.17) is 19.7 Å². The Morgan fingerprint density at radius 1 is 0.395 bits per heavy atom. The van der Waals surface area contributed by atoms with Gasteiger partial charge in [-0.3, -0.25) is 43.2 Å². The summed E-state index contributed by atoms with van der Waals surface area (Å²) >= 11 is 0. The second kappa shape index (κ2) is 36.0. The van der Waals surface area contributed by atoms with Crippen molar-refractivity contribution in [2.75, 3.05) is 78.4 Å². The molecule has 8 aromatic carbocycles. The Labute approximate surface area is 712 Å². The number of imidazole rings is 3. The van der Waals surface area contributed by atoms with Crippen molar-refractivity contribution >= 4 is 120 Å². The first-order chi connectivity index (χ1) is 60.3. The van der Waals surface area contributed by atoms with Crippen LogP contribution >= 0.6 is 0 Å². The Bertz CT molecular complexity index is 6490. The summed E-state index contributed by atoms with van der Waals surface area (Å²) in [5.74, 6) is -0.378. The molecule has 0 atom stereocenters. The third kappa shape index (κ3) is 17.1. The molecule has 4 aliphatic rings. The third-order valence-corrected chi connectivity index (χ3v) is 22.3. The number of hydrogen-bond donors (Lipinski definition) is 9. The van der Waals surface area contributed by atoms with Gasteiger partial charge in [-0.1, -0.05) is 128 Å². The molecule has 0 radical (unpaired) electrons. The molecule has 124 heavy (non-hydrogen) atoms. The van der Waals surface area contributed by atoms with Crippen LogP contribution in [-0.2, 0) is 58.4 Å². The van der Waals surface area contributed by atoms with Crippen LogP contribution in [0, 0.1) is 6.92 Å². The van der Waals surface area contributed by atoms with Gasteiger partial charge in [-0.15, -0.1) is 0 Å². The Balaban J connectivity index is 0.000000138. The van der Waals surface area contributed by atoms with Gasteiger partial charge in [-0.2, -0.15) is 0 Å². The van der Waals surface area contributed by atoms with Gasteiger partial charge in [0.1, 0.15) is 34.6 Å². The standard InChI is InChI=1S/C33H31N7O3.C32H28N6O3.C30H30N6O4/c1-4-29(41)36-26-11-6-8-23-24(26)9-5-10-25(23)31-37-30(32(42)35-21-13-15-22(16-14-21)38(2)3)28-20-39(18-19-40(28)31)33(43)27-12-7-17-34-27;1-3-28(39)35-25-10-5-7-22-23(25)8-4-9-24(22)30-36-29(31(40)34-21-14-12-20(2)13-15-21)27-19-37(17-18-38(27)30)32(41)26-11-6-16-33-26;1-2-26(37)33-23-9-4-6-20-21(23)7-3-8-22(20)28-34-27(29(38)32-19-11-16-40-17-12-19)25-18-35(14-15-36(25)28)30(39)24-10-5-13-31-24/h4-17,34H,1,18-20H2,2-3H3,(H,35,42)(H,36,41);3-16,33H,1,17-19H2,2H3,(H,34,40)(H,35,39);2-10,13,19,31H,1,11-12,14-18H2,(H,32,38)(H,33,37). The summed E-state index contributed by atoms with van der Waals surface area (Å²) in [4.78, 5) is 148.